The number of ether oxygens (including phenoxy) is 1. The summed E-state index contributed by atoms with van der Waals surface area (Å²) in [6, 6.07) is 15.0. The largest absolute Gasteiger partial charge is 0.416 e. The van der Waals surface area contributed by atoms with Gasteiger partial charge < -0.3 is 10.1 Å². The van der Waals surface area contributed by atoms with Crippen molar-refractivity contribution in [2.75, 3.05) is 26.2 Å². The minimum absolute atomic E-state index is 0.148. The van der Waals surface area contributed by atoms with Gasteiger partial charge in [0.05, 0.1) is 41.4 Å². The number of hydrogen-bond donors (Lipinski definition) is 1. The van der Waals surface area contributed by atoms with E-state index in [1.165, 1.54) is 28.6 Å². The molecule has 1 amide bonds. The molecular formula is C24H25F3N4O2. The van der Waals surface area contributed by atoms with Crippen LogP contribution in [0.5, 0.6) is 0 Å². The number of carbonyl (C=O) groups is 1. The van der Waals surface area contributed by atoms with Crippen molar-refractivity contribution in [2.45, 2.75) is 25.7 Å². The molecule has 9 heteroatoms. The Labute approximate surface area is 190 Å². The van der Waals surface area contributed by atoms with Crippen LogP contribution in [0.4, 0.5) is 13.2 Å². The summed E-state index contributed by atoms with van der Waals surface area (Å²) in [5.74, 6) is -0.338. The number of amides is 1. The van der Waals surface area contributed by atoms with E-state index < -0.39 is 11.7 Å². The van der Waals surface area contributed by atoms with Crippen LogP contribution in [0.1, 0.15) is 27.2 Å². The molecule has 1 N–H and O–H groups in total. The van der Waals surface area contributed by atoms with Crippen molar-refractivity contribution in [1.82, 2.24) is 20.0 Å². The highest BCUT2D eigenvalue weighted by Gasteiger charge is 2.31. The van der Waals surface area contributed by atoms with Crippen LogP contribution in [-0.2, 0) is 17.5 Å². The molecule has 0 aliphatic carbocycles. The van der Waals surface area contributed by atoms with E-state index in [1.807, 2.05) is 18.2 Å². The Bertz CT molecular complexity index is 1100. The number of halogens is 3. The highest BCUT2D eigenvalue weighted by molar-refractivity contribution is 5.95. The molecule has 6 nitrogen and oxygen atoms in total. The molecule has 1 unspecified atom stereocenters. The van der Waals surface area contributed by atoms with Gasteiger partial charge in [-0.25, -0.2) is 4.68 Å². The topological polar surface area (TPSA) is 59.4 Å². The third kappa shape index (κ3) is 5.61. The van der Waals surface area contributed by atoms with Crippen LogP contribution < -0.4 is 5.32 Å². The van der Waals surface area contributed by atoms with Crippen molar-refractivity contribution in [3.05, 3.63) is 83.2 Å². The van der Waals surface area contributed by atoms with Crippen LogP contribution in [0.15, 0.2) is 60.8 Å². The van der Waals surface area contributed by atoms with E-state index in [4.69, 9.17) is 4.74 Å². The fourth-order valence-electron chi connectivity index (χ4n) is 3.90. The first kappa shape index (κ1) is 23.0. The summed E-state index contributed by atoms with van der Waals surface area (Å²) >= 11 is 0. The molecular weight excluding hydrogens is 433 g/mol. The maximum atomic E-state index is 13.0. The van der Waals surface area contributed by atoms with E-state index in [0.717, 1.165) is 25.2 Å². The molecule has 1 aromatic heterocycles. The molecule has 1 fully saturated rings. The second-order valence-electron chi connectivity index (χ2n) is 8.03. The zero-order valence-electron chi connectivity index (χ0n) is 18.2. The predicted molar refractivity (Wildman–Crippen MR) is 117 cm³/mol. The molecule has 174 valence electrons. The summed E-state index contributed by atoms with van der Waals surface area (Å²) in [6.45, 7) is 4.90. The summed E-state index contributed by atoms with van der Waals surface area (Å²) in [7, 11) is 0. The summed E-state index contributed by atoms with van der Waals surface area (Å²) in [5.41, 5.74) is 1.47. The van der Waals surface area contributed by atoms with Crippen LogP contribution >= 0.6 is 0 Å². The van der Waals surface area contributed by atoms with Crippen molar-refractivity contribution in [3.63, 3.8) is 0 Å². The van der Waals surface area contributed by atoms with Gasteiger partial charge in [-0.05, 0) is 30.7 Å². The van der Waals surface area contributed by atoms with Gasteiger partial charge in [0.25, 0.3) is 5.91 Å². The number of carbonyl (C=O) groups excluding carboxylic acids is 1. The molecule has 1 atom stereocenters. The van der Waals surface area contributed by atoms with Crippen LogP contribution in [-0.4, -0.2) is 52.9 Å². The number of morpholine rings is 1. The second-order valence-corrected chi connectivity index (χ2v) is 8.03. The van der Waals surface area contributed by atoms with Gasteiger partial charge in [0, 0.05) is 26.2 Å². The van der Waals surface area contributed by atoms with E-state index in [0.29, 0.717) is 31.0 Å². The molecule has 1 aliphatic rings. The van der Waals surface area contributed by atoms with Crippen molar-refractivity contribution in [2.24, 2.45) is 0 Å². The van der Waals surface area contributed by atoms with Gasteiger partial charge in [0.1, 0.15) is 0 Å². The molecule has 2 heterocycles. The Morgan fingerprint density at radius 1 is 1.18 bits per heavy atom. The third-order valence-corrected chi connectivity index (χ3v) is 5.63. The van der Waals surface area contributed by atoms with Gasteiger partial charge in [-0.1, -0.05) is 36.4 Å². The molecule has 3 aromatic rings. The minimum Gasteiger partial charge on any atom is -0.374 e. The Morgan fingerprint density at radius 3 is 2.73 bits per heavy atom. The fourth-order valence-corrected chi connectivity index (χ4v) is 3.90. The summed E-state index contributed by atoms with van der Waals surface area (Å²) in [6.07, 6.45) is -3.23. The first-order valence-corrected chi connectivity index (χ1v) is 10.7. The van der Waals surface area contributed by atoms with Gasteiger partial charge in [-0.2, -0.15) is 18.3 Å². The smallest absolute Gasteiger partial charge is 0.374 e. The lowest BCUT2D eigenvalue weighted by Gasteiger charge is -2.33. The lowest BCUT2D eigenvalue weighted by molar-refractivity contribution is -0.137. The Morgan fingerprint density at radius 2 is 1.97 bits per heavy atom. The third-order valence-electron chi connectivity index (χ3n) is 5.63. The van der Waals surface area contributed by atoms with Gasteiger partial charge in [-0.3, -0.25) is 9.69 Å². The van der Waals surface area contributed by atoms with E-state index in [1.54, 1.807) is 6.92 Å². The quantitative estimate of drug-likeness (QED) is 0.610. The van der Waals surface area contributed by atoms with Crippen LogP contribution in [0.25, 0.3) is 5.69 Å². The van der Waals surface area contributed by atoms with Gasteiger partial charge >= 0.3 is 6.18 Å². The molecule has 0 bridgehead atoms. The number of nitrogens with zero attached hydrogens (tertiary/aromatic N) is 3. The minimum atomic E-state index is -4.45. The summed E-state index contributed by atoms with van der Waals surface area (Å²) in [5, 5.41) is 7.00. The van der Waals surface area contributed by atoms with E-state index in [9.17, 15) is 18.0 Å². The van der Waals surface area contributed by atoms with Crippen molar-refractivity contribution in [1.29, 1.82) is 0 Å². The van der Waals surface area contributed by atoms with Crippen molar-refractivity contribution in [3.8, 4) is 5.69 Å². The average molecular weight is 458 g/mol. The maximum absolute atomic E-state index is 13.0. The molecule has 2 aromatic carbocycles. The molecule has 33 heavy (non-hydrogen) atoms. The fraction of sp³-hybridized carbons (Fsp3) is 0.333. The first-order chi connectivity index (χ1) is 15.8. The average Bonchev–Trinajstić information content (AvgIpc) is 3.19. The lowest BCUT2D eigenvalue weighted by atomic mass is 10.1. The molecule has 0 radical (unpaired) electrons. The second kappa shape index (κ2) is 9.76. The molecule has 1 aliphatic heterocycles. The van der Waals surface area contributed by atoms with Gasteiger partial charge in [-0.15, -0.1) is 0 Å². The lowest BCUT2D eigenvalue weighted by Crippen LogP contribution is -2.47. The summed E-state index contributed by atoms with van der Waals surface area (Å²) in [4.78, 5) is 15.0. The van der Waals surface area contributed by atoms with E-state index in [-0.39, 0.29) is 17.7 Å². The Balaban J connectivity index is 1.37. The number of aromatic nitrogens is 2. The first-order valence-electron chi connectivity index (χ1n) is 10.7. The van der Waals surface area contributed by atoms with Crippen molar-refractivity contribution < 1.29 is 22.7 Å². The zero-order chi connectivity index (χ0) is 23.4. The molecule has 1 saturated heterocycles. The Kier molecular flexibility index (Phi) is 6.80. The standard InChI is InChI=1S/C24H25F3N4O2/c1-17-22(14-29-31(17)20-9-5-8-19(12-20)24(25,26)27)23(32)28-13-21-16-30(10-11-33-21)15-18-6-3-2-4-7-18/h2-9,12,14,21H,10-11,13,15-16H2,1H3,(H,28,32). The van der Waals surface area contributed by atoms with Gasteiger partial charge in [0.15, 0.2) is 0 Å². The summed E-state index contributed by atoms with van der Waals surface area (Å²) < 4.78 is 46.2. The molecule has 0 spiro atoms. The number of rotatable bonds is 6. The Hall–Kier alpha value is -3.17. The van der Waals surface area contributed by atoms with Crippen LogP contribution in [0.3, 0.4) is 0 Å². The predicted octanol–water partition coefficient (Wildman–Crippen LogP) is 3.83. The maximum Gasteiger partial charge on any atom is 0.416 e. The van der Waals surface area contributed by atoms with E-state index in [2.05, 4.69) is 27.4 Å². The van der Waals surface area contributed by atoms with Gasteiger partial charge in [0.2, 0.25) is 0 Å². The number of alkyl halides is 3. The number of nitrogens with one attached hydrogen (secondary N) is 1. The SMILES string of the molecule is Cc1c(C(=O)NCC2CN(Cc3ccccc3)CCO2)cnn1-c1cccc(C(F)(F)F)c1. The number of benzene rings is 2. The van der Waals surface area contributed by atoms with Crippen molar-refractivity contribution >= 4 is 5.91 Å². The highest BCUT2D eigenvalue weighted by atomic mass is 19.4. The number of hydrogen-bond acceptors (Lipinski definition) is 4. The zero-order valence-corrected chi connectivity index (χ0v) is 18.2. The highest BCUT2D eigenvalue weighted by Crippen LogP contribution is 2.30. The van der Waals surface area contributed by atoms with E-state index >= 15 is 0 Å². The van der Waals surface area contributed by atoms with Crippen LogP contribution in [0.2, 0.25) is 0 Å². The molecule has 0 saturated carbocycles. The normalized spacial score (nSPS) is 17.2. The monoisotopic (exact) mass is 458 g/mol. The van der Waals surface area contributed by atoms with Crippen LogP contribution in [0, 0.1) is 6.92 Å². The molecule has 4 rings (SSSR count).